The van der Waals surface area contributed by atoms with Gasteiger partial charge < -0.3 is 4.90 Å². The first-order valence-corrected chi connectivity index (χ1v) is 9.21. The SMILES string of the molecule is CC(C)C1NC(c2ccsc2)N(C(C2CC2)C2CC2)C1=O. The van der Waals surface area contributed by atoms with Gasteiger partial charge in [0.25, 0.3) is 0 Å². The number of amides is 1. The lowest BCUT2D eigenvalue weighted by molar-refractivity contribution is -0.134. The number of carbonyl (C=O) groups is 1. The summed E-state index contributed by atoms with van der Waals surface area (Å²) in [7, 11) is 0. The van der Waals surface area contributed by atoms with Gasteiger partial charge in [0.15, 0.2) is 0 Å². The van der Waals surface area contributed by atoms with Crippen LogP contribution in [0.2, 0.25) is 0 Å². The topological polar surface area (TPSA) is 32.3 Å². The first-order valence-electron chi connectivity index (χ1n) is 8.27. The average Bonchev–Trinajstić information content (AvgIpc) is 3.36. The Balaban J connectivity index is 1.67. The summed E-state index contributed by atoms with van der Waals surface area (Å²) in [6, 6.07) is 2.64. The molecule has 3 aliphatic rings. The first kappa shape index (κ1) is 13.8. The maximum absolute atomic E-state index is 13.0. The zero-order chi connectivity index (χ0) is 14.6. The fourth-order valence-electron chi connectivity index (χ4n) is 3.81. The van der Waals surface area contributed by atoms with Gasteiger partial charge in [0.1, 0.15) is 6.17 Å². The van der Waals surface area contributed by atoms with Crippen LogP contribution in [0.15, 0.2) is 16.8 Å². The van der Waals surface area contributed by atoms with Gasteiger partial charge in [-0.15, -0.1) is 0 Å². The summed E-state index contributed by atoms with van der Waals surface area (Å²) in [5, 5.41) is 7.93. The van der Waals surface area contributed by atoms with E-state index in [9.17, 15) is 4.79 Å². The van der Waals surface area contributed by atoms with Gasteiger partial charge in [-0.2, -0.15) is 11.3 Å². The van der Waals surface area contributed by atoms with Crippen molar-refractivity contribution in [1.82, 2.24) is 10.2 Å². The highest BCUT2D eigenvalue weighted by Gasteiger charge is 2.52. The molecule has 1 aliphatic heterocycles. The van der Waals surface area contributed by atoms with Crippen LogP contribution in [0.1, 0.15) is 51.3 Å². The fourth-order valence-corrected chi connectivity index (χ4v) is 4.49. The van der Waals surface area contributed by atoms with Gasteiger partial charge in [-0.1, -0.05) is 13.8 Å². The van der Waals surface area contributed by atoms with E-state index in [2.05, 4.69) is 40.9 Å². The minimum atomic E-state index is -0.0186. The van der Waals surface area contributed by atoms with Crippen LogP contribution in [0.3, 0.4) is 0 Å². The van der Waals surface area contributed by atoms with Crippen molar-refractivity contribution in [2.24, 2.45) is 17.8 Å². The molecule has 114 valence electrons. The summed E-state index contributed by atoms with van der Waals surface area (Å²) in [6.07, 6.45) is 5.35. The molecule has 2 atom stereocenters. The van der Waals surface area contributed by atoms with E-state index in [4.69, 9.17) is 0 Å². The predicted molar refractivity (Wildman–Crippen MR) is 84.9 cm³/mol. The molecular formula is C17H24N2OS. The highest BCUT2D eigenvalue weighted by molar-refractivity contribution is 7.07. The maximum atomic E-state index is 13.0. The van der Waals surface area contributed by atoms with Gasteiger partial charge >= 0.3 is 0 Å². The van der Waals surface area contributed by atoms with Gasteiger partial charge in [0, 0.05) is 6.04 Å². The number of nitrogens with one attached hydrogen (secondary N) is 1. The minimum Gasteiger partial charge on any atom is -0.318 e. The van der Waals surface area contributed by atoms with Crippen molar-refractivity contribution in [3.05, 3.63) is 22.4 Å². The van der Waals surface area contributed by atoms with Crippen molar-refractivity contribution < 1.29 is 4.79 Å². The molecule has 0 aromatic carbocycles. The van der Waals surface area contributed by atoms with Crippen LogP contribution in [-0.2, 0) is 4.79 Å². The van der Waals surface area contributed by atoms with E-state index >= 15 is 0 Å². The molecule has 1 aromatic heterocycles. The lowest BCUT2D eigenvalue weighted by atomic mass is 10.0. The predicted octanol–water partition coefficient (Wildman–Crippen LogP) is 3.39. The largest absolute Gasteiger partial charge is 0.318 e. The molecule has 2 aliphatic carbocycles. The molecule has 0 bridgehead atoms. The Morgan fingerprint density at radius 1 is 1.24 bits per heavy atom. The Kier molecular flexibility index (Phi) is 3.34. The standard InChI is InChI=1S/C17H24N2OS/c1-10(2)14-17(20)19(15(11-3-4-11)12-5-6-12)16(18-14)13-7-8-21-9-13/h7-12,14-16,18H,3-6H2,1-2H3. The van der Waals surface area contributed by atoms with Gasteiger partial charge in [-0.25, -0.2) is 0 Å². The fraction of sp³-hybridized carbons (Fsp3) is 0.706. The lowest BCUT2D eigenvalue weighted by Gasteiger charge is -2.33. The number of hydrogen-bond donors (Lipinski definition) is 1. The second-order valence-electron chi connectivity index (χ2n) is 7.26. The van der Waals surface area contributed by atoms with Crippen molar-refractivity contribution in [3.8, 4) is 0 Å². The minimum absolute atomic E-state index is 0.0186. The molecule has 3 nitrogen and oxygen atoms in total. The first-order chi connectivity index (χ1) is 10.2. The third kappa shape index (κ3) is 2.42. The molecule has 1 amide bonds. The summed E-state index contributed by atoms with van der Waals surface area (Å²) < 4.78 is 0. The highest BCUT2D eigenvalue weighted by atomic mass is 32.1. The summed E-state index contributed by atoms with van der Waals surface area (Å²) in [4.78, 5) is 15.3. The number of rotatable bonds is 5. The molecule has 1 aromatic rings. The summed E-state index contributed by atoms with van der Waals surface area (Å²) in [6.45, 7) is 4.29. The second kappa shape index (κ2) is 5.10. The monoisotopic (exact) mass is 304 g/mol. The van der Waals surface area contributed by atoms with Crippen molar-refractivity contribution in [1.29, 1.82) is 0 Å². The molecule has 2 unspecified atom stereocenters. The Bertz CT molecular complexity index is 507. The number of nitrogens with zero attached hydrogens (tertiary/aromatic N) is 1. The van der Waals surface area contributed by atoms with Crippen LogP contribution in [0.5, 0.6) is 0 Å². The normalized spacial score (nSPS) is 29.9. The van der Waals surface area contributed by atoms with E-state index in [1.165, 1.54) is 31.2 Å². The number of hydrogen-bond acceptors (Lipinski definition) is 3. The highest BCUT2D eigenvalue weighted by Crippen LogP contribution is 2.50. The Hall–Kier alpha value is -0.870. The Morgan fingerprint density at radius 2 is 1.90 bits per heavy atom. The Labute approximate surface area is 130 Å². The molecule has 4 heteroatoms. The van der Waals surface area contributed by atoms with E-state index in [0.717, 1.165) is 11.8 Å². The quantitative estimate of drug-likeness (QED) is 0.904. The number of thiophene rings is 1. The smallest absolute Gasteiger partial charge is 0.241 e. The molecular weight excluding hydrogens is 280 g/mol. The second-order valence-corrected chi connectivity index (χ2v) is 8.04. The van der Waals surface area contributed by atoms with Crippen molar-refractivity contribution in [2.75, 3.05) is 0 Å². The van der Waals surface area contributed by atoms with E-state index in [1.54, 1.807) is 11.3 Å². The van der Waals surface area contributed by atoms with Gasteiger partial charge in [0.05, 0.1) is 6.04 Å². The molecule has 2 saturated carbocycles. The third-order valence-electron chi connectivity index (χ3n) is 5.19. The molecule has 21 heavy (non-hydrogen) atoms. The molecule has 0 spiro atoms. The molecule has 2 heterocycles. The zero-order valence-corrected chi connectivity index (χ0v) is 13.6. The van der Waals surface area contributed by atoms with E-state index < -0.39 is 0 Å². The van der Waals surface area contributed by atoms with Crippen LogP contribution in [0, 0.1) is 17.8 Å². The van der Waals surface area contributed by atoms with E-state index in [0.29, 0.717) is 17.9 Å². The number of carbonyl (C=O) groups excluding carboxylic acids is 1. The molecule has 3 fully saturated rings. The maximum Gasteiger partial charge on any atom is 0.241 e. The van der Waals surface area contributed by atoms with Gasteiger partial charge in [-0.05, 0) is 65.8 Å². The third-order valence-corrected chi connectivity index (χ3v) is 5.89. The van der Waals surface area contributed by atoms with Crippen LogP contribution in [0.4, 0.5) is 0 Å². The average molecular weight is 304 g/mol. The van der Waals surface area contributed by atoms with Crippen LogP contribution >= 0.6 is 11.3 Å². The van der Waals surface area contributed by atoms with Crippen molar-refractivity contribution >= 4 is 17.2 Å². The van der Waals surface area contributed by atoms with Crippen molar-refractivity contribution in [2.45, 2.75) is 57.8 Å². The van der Waals surface area contributed by atoms with Gasteiger partial charge in [0.2, 0.25) is 5.91 Å². The molecule has 1 saturated heterocycles. The lowest BCUT2D eigenvalue weighted by Crippen LogP contribution is -2.43. The van der Waals surface area contributed by atoms with Gasteiger partial charge in [-0.3, -0.25) is 10.1 Å². The van der Waals surface area contributed by atoms with E-state index in [1.807, 2.05) is 0 Å². The van der Waals surface area contributed by atoms with Crippen LogP contribution in [0.25, 0.3) is 0 Å². The summed E-state index contributed by atoms with van der Waals surface area (Å²) >= 11 is 1.72. The van der Waals surface area contributed by atoms with Crippen LogP contribution in [-0.4, -0.2) is 22.9 Å². The van der Waals surface area contributed by atoms with Crippen molar-refractivity contribution in [3.63, 3.8) is 0 Å². The molecule has 4 rings (SSSR count). The summed E-state index contributed by atoms with van der Waals surface area (Å²) in [5.41, 5.74) is 1.27. The van der Waals surface area contributed by atoms with E-state index in [-0.39, 0.29) is 12.2 Å². The molecule has 0 radical (unpaired) electrons. The molecule has 1 N–H and O–H groups in total. The zero-order valence-electron chi connectivity index (χ0n) is 12.8. The Morgan fingerprint density at radius 3 is 2.38 bits per heavy atom. The summed E-state index contributed by atoms with van der Waals surface area (Å²) in [5.74, 6) is 2.21. The van der Waals surface area contributed by atoms with Crippen LogP contribution < -0.4 is 5.32 Å².